The second-order valence-corrected chi connectivity index (χ2v) is 2.36. The number of hydrazine groups is 1. The first-order chi connectivity index (χ1) is 5.67. The second kappa shape index (κ2) is 5.54. The van der Waals surface area contributed by atoms with Crippen molar-refractivity contribution in [3.8, 4) is 0 Å². The summed E-state index contributed by atoms with van der Waals surface area (Å²) < 4.78 is 0. The zero-order valence-electron chi connectivity index (χ0n) is 7.46. The molecule has 0 fully saturated rings. The Morgan fingerprint density at radius 1 is 1.42 bits per heavy atom. The van der Waals surface area contributed by atoms with Gasteiger partial charge in [0.25, 0.3) is 0 Å². The molecule has 5 nitrogen and oxygen atoms in total. The minimum Gasteiger partial charge on any atom is -0.335 e. The molecule has 0 aromatic carbocycles. The average Bonchev–Trinajstić information content (AvgIpc) is 2.11. The first-order valence-corrected chi connectivity index (χ1v) is 3.97. The van der Waals surface area contributed by atoms with E-state index < -0.39 is 11.8 Å². The van der Waals surface area contributed by atoms with Gasteiger partial charge in [0.2, 0.25) is 0 Å². The van der Waals surface area contributed by atoms with Gasteiger partial charge in [-0.3, -0.25) is 15.0 Å². The SMILES string of the molecule is CCCN(CC)C(=O)C(=O)NN. The number of hydrogen-bond donors (Lipinski definition) is 2. The highest BCUT2D eigenvalue weighted by Gasteiger charge is 2.17. The Balaban J connectivity index is 4.11. The van der Waals surface area contributed by atoms with E-state index in [4.69, 9.17) is 5.84 Å². The largest absolute Gasteiger partial charge is 0.335 e. The fourth-order valence-corrected chi connectivity index (χ4v) is 0.879. The van der Waals surface area contributed by atoms with Crippen LogP contribution in [-0.2, 0) is 9.59 Å². The molecule has 0 aliphatic heterocycles. The molecule has 70 valence electrons. The Hall–Kier alpha value is -1.10. The summed E-state index contributed by atoms with van der Waals surface area (Å²) in [4.78, 5) is 23.3. The van der Waals surface area contributed by atoms with Crippen LogP contribution in [0.4, 0.5) is 0 Å². The molecule has 0 aromatic rings. The van der Waals surface area contributed by atoms with Crippen molar-refractivity contribution in [3.63, 3.8) is 0 Å². The number of carbonyl (C=O) groups excluding carboxylic acids is 2. The van der Waals surface area contributed by atoms with Crippen molar-refractivity contribution < 1.29 is 9.59 Å². The van der Waals surface area contributed by atoms with Gasteiger partial charge in [0.05, 0.1) is 0 Å². The van der Waals surface area contributed by atoms with E-state index in [1.54, 1.807) is 0 Å². The topological polar surface area (TPSA) is 75.4 Å². The molecule has 5 heteroatoms. The third-order valence-electron chi connectivity index (χ3n) is 1.49. The van der Waals surface area contributed by atoms with E-state index in [0.717, 1.165) is 6.42 Å². The summed E-state index contributed by atoms with van der Waals surface area (Å²) in [5.74, 6) is 3.49. The first-order valence-electron chi connectivity index (χ1n) is 3.97. The van der Waals surface area contributed by atoms with E-state index >= 15 is 0 Å². The van der Waals surface area contributed by atoms with Crippen LogP contribution >= 0.6 is 0 Å². The molecule has 3 N–H and O–H groups in total. The van der Waals surface area contributed by atoms with Crippen molar-refractivity contribution in [1.29, 1.82) is 0 Å². The number of rotatable bonds is 3. The Morgan fingerprint density at radius 3 is 2.33 bits per heavy atom. The number of likely N-dealkylation sites (N-methyl/N-ethyl adjacent to an activating group) is 1. The number of carbonyl (C=O) groups is 2. The first kappa shape index (κ1) is 10.9. The average molecular weight is 173 g/mol. The molecule has 12 heavy (non-hydrogen) atoms. The molecule has 0 aromatic heterocycles. The Kier molecular flexibility index (Phi) is 5.03. The van der Waals surface area contributed by atoms with E-state index in [2.05, 4.69) is 0 Å². The summed E-state index contributed by atoms with van der Waals surface area (Å²) in [6.45, 7) is 4.87. The van der Waals surface area contributed by atoms with Gasteiger partial charge in [-0.2, -0.15) is 0 Å². The summed E-state index contributed by atoms with van der Waals surface area (Å²) >= 11 is 0. The highest BCUT2D eigenvalue weighted by molar-refractivity contribution is 6.34. The summed E-state index contributed by atoms with van der Waals surface area (Å²) in [7, 11) is 0. The quantitative estimate of drug-likeness (QED) is 0.255. The van der Waals surface area contributed by atoms with Crippen molar-refractivity contribution in [1.82, 2.24) is 10.3 Å². The zero-order chi connectivity index (χ0) is 9.56. The molecule has 0 aliphatic rings. The molecule has 0 radical (unpaired) electrons. The monoisotopic (exact) mass is 173 g/mol. The van der Waals surface area contributed by atoms with E-state index in [1.165, 1.54) is 4.90 Å². The number of nitrogens with zero attached hydrogens (tertiary/aromatic N) is 1. The van der Waals surface area contributed by atoms with Gasteiger partial charge in [-0.25, -0.2) is 5.84 Å². The molecule has 0 saturated heterocycles. The van der Waals surface area contributed by atoms with Gasteiger partial charge >= 0.3 is 11.8 Å². The molecule has 0 rings (SSSR count). The van der Waals surface area contributed by atoms with Crippen LogP contribution in [0.5, 0.6) is 0 Å². The summed E-state index contributed by atoms with van der Waals surface area (Å²) in [6.07, 6.45) is 0.831. The fourth-order valence-electron chi connectivity index (χ4n) is 0.879. The van der Waals surface area contributed by atoms with Crippen molar-refractivity contribution in [2.45, 2.75) is 20.3 Å². The molecular weight excluding hydrogens is 158 g/mol. The standard InChI is InChI=1S/C7H15N3O2/c1-3-5-10(4-2)7(12)6(11)9-8/h3-5,8H2,1-2H3,(H,9,11). The molecule has 0 unspecified atom stereocenters. The van der Waals surface area contributed by atoms with Crippen LogP contribution in [0.1, 0.15) is 20.3 Å². The predicted molar refractivity (Wildman–Crippen MR) is 44.9 cm³/mol. The van der Waals surface area contributed by atoms with Gasteiger partial charge in [-0.05, 0) is 13.3 Å². The Morgan fingerprint density at radius 2 is 2.00 bits per heavy atom. The van der Waals surface area contributed by atoms with E-state index in [-0.39, 0.29) is 0 Å². The smallest absolute Gasteiger partial charge is 0.323 e. The molecule has 0 saturated carbocycles. The van der Waals surface area contributed by atoms with Gasteiger partial charge < -0.3 is 4.90 Å². The van der Waals surface area contributed by atoms with Crippen LogP contribution in [0.15, 0.2) is 0 Å². The molecular formula is C7H15N3O2. The van der Waals surface area contributed by atoms with Crippen LogP contribution in [-0.4, -0.2) is 29.8 Å². The number of nitrogens with two attached hydrogens (primary N) is 1. The van der Waals surface area contributed by atoms with Crippen molar-refractivity contribution >= 4 is 11.8 Å². The minimum absolute atomic E-state index is 0.528. The van der Waals surface area contributed by atoms with Crippen molar-refractivity contribution in [3.05, 3.63) is 0 Å². The highest BCUT2D eigenvalue weighted by atomic mass is 16.2. The van der Waals surface area contributed by atoms with Gasteiger partial charge in [-0.15, -0.1) is 0 Å². The Labute approximate surface area is 71.9 Å². The van der Waals surface area contributed by atoms with Crippen LogP contribution in [0.3, 0.4) is 0 Å². The minimum atomic E-state index is -0.759. The lowest BCUT2D eigenvalue weighted by Crippen LogP contribution is -2.45. The third kappa shape index (κ3) is 2.87. The van der Waals surface area contributed by atoms with Gasteiger partial charge in [0.15, 0.2) is 0 Å². The Bertz CT molecular complexity index is 170. The van der Waals surface area contributed by atoms with E-state index in [1.807, 2.05) is 19.3 Å². The lowest BCUT2D eigenvalue weighted by molar-refractivity contribution is -0.145. The van der Waals surface area contributed by atoms with Crippen LogP contribution in [0.2, 0.25) is 0 Å². The highest BCUT2D eigenvalue weighted by Crippen LogP contribution is 1.91. The molecule has 0 aliphatic carbocycles. The number of amides is 2. The maximum atomic E-state index is 11.1. The third-order valence-corrected chi connectivity index (χ3v) is 1.49. The van der Waals surface area contributed by atoms with Crippen LogP contribution < -0.4 is 11.3 Å². The van der Waals surface area contributed by atoms with Gasteiger partial charge in [0.1, 0.15) is 0 Å². The van der Waals surface area contributed by atoms with E-state index in [9.17, 15) is 9.59 Å². The van der Waals surface area contributed by atoms with Crippen LogP contribution in [0, 0.1) is 0 Å². The predicted octanol–water partition coefficient (Wildman–Crippen LogP) is -0.765. The molecule has 0 bridgehead atoms. The van der Waals surface area contributed by atoms with Gasteiger partial charge in [-0.1, -0.05) is 6.92 Å². The second-order valence-electron chi connectivity index (χ2n) is 2.36. The molecule has 0 spiro atoms. The zero-order valence-corrected chi connectivity index (χ0v) is 7.46. The summed E-state index contributed by atoms with van der Waals surface area (Å²) in [6, 6.07) is 0. The van der Waals surface area contributed by atoms with Crippen molar-refractivity contribution in [2.75, 3.05) is 13.1 Å². The lowest BCUT2D eigenvalue weighted by Gasteiger charge is -2.18. The molecule has 0 heterocycles. The maximum absolute atomic E-state index is 11.1. The van der Waals surface area contributed by atoms with E-state index in [0.29, 0.717) is 13.1 Å². The number of nitrogens with one attached hydrogen (secondary N) is 1. The number of hydrogen-bond acceptors (Lipinski definition) is 3. The fraction of sp³-hybridized carbons (Fsp3) is 0.714. The summed E-state index contributed by atoms with van der Waals surface area (Å²) in [5.41, 5.74) is 1.81. The normalized spacial score (nSPS) is 9.25. The molecule has 0 atom stereocenters. The van der Waals surface area contributed by atoms with Crippen molar-refractivity contribution in [2.24, 2.45) is 5.84 Å². The lowest BCUT2D eigenvalue weighted by atomic mass is 10.4. The summed E-state index contributed by atoms with van der Waals surface area (Å²) in [5, 5.41) is 0. The maximum Gasteiger partial charge on any atom is 0.323 e. The van der Waals surface area contributed by atoms with Gasteiger partial charge in [0, 0.05) is 13.1 Å². The molecule has 2 amide bonds. The van der Waals surface area contributed by atoms with Crippen LogP contribution in [0.25, 0.3) is 0 Å².